The zero-order valence-corrected chi connectivity index (χ0v) is 13.8. The summed E-state index contributed by atoms with van der Waals surface area (Å²) >= 11 is 0. The maximum absolute atomic E-state index is 10.9. The fraction of sp³-hybridized carbons (Fsp3) is 0.889. The van der Waals surface area contributed by atoms with Crippen LogP contribution in [0.1, 0.15) is 96.8 Å². The van der Waals surface area contributed by atoms with E-state index in [9.17, 15) is 9.59 Å². The summed E-state index contributed by atoms with van der Waals surface area (Å²) in [5.41, 5.74) is 0. The third kappa shape index (κ3) is 13.9. The topological polar surface area (TPSA) is 54.4 Å². The van der Waals surface area contributed by atoms with Gasteiger partial charge in [0.25, 0.3) is 0 Å². The lowest BCUT2D eigenvalue weighted by atomic mass is 9.97. The molecule has 0 aliphatic heterocycles. The number of carbonyl (C=O) groups is 2. The largest absolute Gasteiger partial charge is 0.481 e. The Labute approximate surface area is 130 Å². The summed E-state index contributed by atoms with van der Waals surface area (Å²) < 4.78 is 0. The smallest absolute Gasteiger partial charge is 0.306 e. The van der Waals surface area contributed by atoms with Gasteiger partial charge in [-0.05, 0) is 6.42 Å². The third-order valence-corrected chi connectivity index (χ3v) is 4.14. The lowest BCUT2D eigenvalue weighted by Crippen LogP contribution is -2.13. The van der Waals surface area contributed by atoms with E-state index in [1.807, 2.05) is 0 Å². The first-order valence-corrected chi connectivity index (χ1v) is 8.88. The predicted molar refractivity (Wildman–Crippen MR) is 87.5 cm³/mol. The van der Waals surface area contributed by atoms with Crippen molar-refractivity contribution in [3.8, 4) is 0 Å². The molecule has 3 nitrogen and oxygen atoms in total. The second-order valence-electron chi connectivity index (χ2n) is 6.12. The zero-order valence-electron chi connectivity index (χ0n) is 13.8. The maximum Gasteiger partial charge on any atom is 0.306 e. The molecule has 0 aromatic rings. The number of hydrogen-bond acceptors (Lipinski definition) is 2. The van der Waals surface area contributed by atoms with Crippen LogP contribution in [0.15, 0.2) is 0 Å². The molecular formula is C18H34O3. The van der Waals surface area contributed by atoms with Crippen LogP contribution in [-0.2, 0) is 9.59 Å². The first-order valence-electron chi connectivity index (χ1n) is 8.88. The molecule has 0 fully saturated rings. The van der Waals surface area contributed by atoms with E-state index in [0.717, 1.165) is 19.1 Å². The minimum absolute atomic E-state index is 0.160. The Morgan fingerprint density at radius 2 is 1.29 bits per heavy atom. The van der Waals surface area contributed by atoms with Crippen molar-refractivity contribution in [3.05, 3.63) is 0 Å². The monoisotopic (exact) mass is 298 g/mol. The van der Waals surface area contributed by atoms with E-state index in [-0.39, 0.29) is 6.42 Å². The molecule has 0 aliphatic carbocycles. The van der Waals surface area contributed by atoms with Gasteiger partial charge in [0.2, 0.25) is 0 Å². The Hall–Kier alpha value is -0.860. The zero-order chi connectivity index (χ0) is 15.8. The summed E-state index contributed by atoms with van der Waals surface area (Å²) in [6.45, 7) is 2.25. The Balaban J connectivity index is 3.24. The Morgan fingerprint density at radius 1 is 0.857 bits per heavy atom. The average molecular weight is 298 g/mol. The molecule has 0 saturated carbocycles. The van der Waals surface area contributed by atoms with Crippen molar-refractivity contribution in [2.24, 2.45) is 5.92 Å². The molecule has 0 bridgehead atoms. The van der Waals surface area contributed by atoms with Gasteiger partial charge in [0.05, 0.1) is 5.92 Å². The summed E-state index contributed by atoms with van der Waals surface area (Å²) in [5.74, 6) is -1.30. The molecule has 3 heteroatoms. The molecule has 0 aromatic heterocycles. The number of aldehydes is 1. The quantitative estimate of drug-likeness (QED) is 0.308. The number of carboxylic acids is 1. The standard InChI is InChI=1S/C18H34O3/c1-2-3-4-5-6-7-8-9-10-11-12-13-14-17(15-16-19)18(20)21/h16-17H,2-15H2,1H3,(H,20,21). The summed E-state index contributed by atoms with van der Waals surface area (Å²) in [4.78, 5) is 21.2. The minimum atomic E-state index is -0.829. The normalized spacial score (nSPS) is 12.2. The Bertz CT molecular complexity index is 251. The van der Waals surface area contributed by atoms with Gasteiger partial charge < -0.3 is 9.90 Å². The van der Waals surface area contributed by atoms with Crippen molar-refractivity contribution in [2.45, 2.75) is 96.8 Å². The third-order valence-electron chi connectivity index (χ3n) is 4.14. The Morgan fingerprint density at radius 3 is 1.67 bits per heavy atom. The van der Waals surface area contributed by atoms with Gasteiger partial charge in [0.1, 0.15) is 6.29 Å². The van der Waals surface area contributed by atoms with E-state index >= 15 is 0 Å². The molecule has 21 heavy (non-hydrogen) atoms. The number of rotatable bonds is 16. The molecule has 1 unspecified atom stereocenters. The number of carbonyl (C=O) groups excluding carboxylic acids is 1. The molecule has 0 radical (unpaired) electrons. The molecule has 124 valence electrons. The second kappa shape index (κ2) is 15.5. The van der Waals surface area contributed by atoms with Crippen molar-refractivity contribution >= 4 is 12.3 Å². The van der Waals surface area contributed by atoms with Crippen molar-refractivity contribution in [3.63, 3.8) is 0 Å². The van der Waals surface area contributed by atoms with E-state index in [2.05, 4.69) is 6.92 Å². The van der Waals surface area contributed by atoms with E-state index in [4.69, 9.17) is 5.11 Å². The molecule has 0 amide bonds. The number of hydrogen-bond donors (Lipinski definition) is 1. The predicted octanol–water partition coefficient (Wildman–Crippen LogP) is 5.37. The number of aliphatic carboxylic acids is 1. The first-order chi connectivity index (χ1) is 10.2. The van der Waals surface area contributed by atoms with E-state index in [1.165, 1.54) is 64.2 Å². The second-order valence-corrected chi connectivity index (χ2v) is 6.12. The summed E-state index contributed by atoms with van der Waals surface area (Å²) in [6, 6.07) is 0. The van der Waals surface area contributed by atoms with Gasteiger partial charge >= 0.3 is 5.97 Å². The molecule has 0 aromatic carbocycles. The van der Waals surface area contributed by atoms with Crippen LogP contribution >= 0.6 is 0 Å². The van der Waals surface area contributed by atoms with Gasteiger partial charge in [0, 0.05) is 6.42 Å². The van der Waals surface area contributed by atoms with Crippen LogP contribution < -0.4 is 0 Å². The van der Waals surface area contributed by atoms with Crippen LogP contribution in [0.4, 0.5) is 0 Å². The fourth-order valence-electron chi connectivity index (χ4n) is 2.69. The average Bonchev–Trinajstić information content (AvgIpc) is 2.47. The maximum atomic E-state index is 10.9. The molecule has 0 heterocycles. The summed E-state index contributed by atoms with van der Waals surface area (Å²) in [6.07, 6.45) is 16.9. The highest BCUT2D eigenvalue weighted by atomic mass is 16.4. The van der Waals surface area contributed by atoms with Crippen LogP contribution in [0.2, 0.25) is 0 Å². The fourth-order valence-corrected chi connectivity index (χ4v) is 2.69. The highest BCUT2D eigenvalue weighted by molar-refractivity contribution is 5.73. The summed E-state index contributed by atoms with van der Waals surface area (Å²) in [7, 11) is 0. The van der Waals surface area contributed by atoms with Crippen molar-refractivity contribution < 1.29 is 14.7 Å². The van der Waals surface area contributed by atoms with Gasteiger partial charge in [-0.1, -0.05) is 84.0 Å². The van der Waals surface area contributed by atoms with Crippen LogP contribution in [0.3, 0.4) is 0 Å². The molecule has 0 aliphatic rings. The van der Waals surface area contributed by atoms with E-state index < -0.39 is 11.9 Å². The molecular weight excluding hydrogens is 264 g/mol. The number of unbranched alkanes of at least 4 members (excludes halogenated alkanes) is 11. The van der Waals surface area contributed by atoms with Gasteiger partial charge in [0.15, 0.2) is 0 Å². The van der Waals surface area contributed by atoms with Crippen molar-refractivity contribution in [1.82, 2.24) is 0 Å². The van der Waals surface area contributed by atoms with E-state index in [0.29, 0.717) is 6.42 Å². The van der Waals surface area contributed by atoms with Crippen molar-refractivity contribution in [2.75, 3.05) is 0 Å². The first kappa shape index (κ1) is 20.1. The van der Waals surface area contributed by atoms with Gasteiger partial charge in [-0.2, -0.15) is 0 Å². The molecule has 0 saturated heterocycles. The summed E-state index contributed by atoms with van der Waals surface area (Å²) in [5, 5.41) is 8.92. The van der Waals surface area contributed by atoms with Gasteiger partial charge in [-0.15, -0.1) is 0 Å². The van der Waals surface area contributed by atoms with E-state index in [1.54, 1.807) is 0 Å². The van der Waals surface area contributed by atoms with Crippen LogP contribution in [0.25, 0.3) is 0 Å². The molecule has 1 N–H and O–H groups in total. The van der Waals surface area contributed by atoms with Crippen molar-refractivity contribution in [1.29, 1.82) is 0 Å². The number of carboxylic acid groups (broad SMARTS) is 1. The lowest BCUT2D eigenvalue weighted by molar-refractivity contribution is -0.143. The molecule has 0 rings (SSSR count). The minimum Gasteiger partial charge on any atom is -0.481 e. The van der Waals surface area contributed by atoms with Crippen LogP contribution in [0.5, 0.6) is 0 Å². The SMILES string of the molecule is CCCCCCCCCCCCCCC(CC=O)C(=O)O. The molecule has 0 spiro atoms. The van der Waals surface area contributed by atoms with Gasteiger partial charge in [-0.25, -0.2) is 0 Å². The molecule has 1 atom stereocenters. The van der Waals surface area contributed by atoms with Crippen LogP contribution in [0, 0.1) is 5.92 Å². The van der Waals surface area contributed by atoms with Gasteiger partial charge in [-0.3, -0.25) is 4.79 Å². The lowest BCUT2D eigenvalue weighted by Gasteiger charge is -2.08. The van der Waals surface area contributed by atoms with Crippen LogP contribution in [-0.4, -0.2) is 17.4 Å². The highest BCUT2D eigenvalue weighted by Gasteiger charge is 2.15. The Kier molecular flexibility index (Phi) is 14.9. The highest BCUT2D eigenvalue weighted by Crippen LogP contribution is 2.16.